The zero-order chi connectivity index (χ0) is 25.9. The number of halogens is 1. The van der Waals surface area contributed by atoms with E-state index in [2.05, 4.69) is 25.7 Å². The van der Waals surface area contributed by atoms with Crippen molar-refractivity contribution in [2.75, 3.05) is 30.8 Å². The molecule has 0 radical (unpaired) electrons. The van der Waals surface area contributed by atoms with Gasteiger partial charge in [0, 0.05) is 61.7 Å². The molecular formula is C27H28FN7O2. The van der Waals surface area contributed by atoms with E-state index in [1.54, 1.807) is 35.8 Å². The Morgan fingerprint density at radius 1 is 1.16 bits per heavy atom. The fourth-order valence-electron chi connectivity index (χ4n) is 5.15. The Morgan fingerprint density at radius 3 is 2.84 bits per heavy atom. The number of benzene rings is 1. The number of aliphatic hydroxyl groups is 1. The van der Waals surface area contributed by atoms with Crippen LogP contribution in [0.3, 0.4) is 0 Å². The number of nitrogens with zero attached hydrogens (tertiary/aromatic N) is 5. The van der Waals surface area contributed by atoms with Crippen LogP contribution < -0.4 is 10.6 Å². The largest absolute Gasteiger partial charge is 0.384 e. The molecule has 190 valence electrons. The van der Waals surface area contributed by atoms with Crippen molar-refractivity contribution < 1.29 is 14.3 Å². The molecule has 1 aromatic carbocycles. The minimum atomic E-state index is -1.00. The summed E-state index contributed by atoms with van der Waals surface area (Å²) in [7, 11) is 1.79. The van der Waals surface area contributed by atoms with Crippen LogP contribution in [0.5, 0.6) is 0 Å². The number of hydrogen-bond donors (Lipinski definition) is 3. The van der Waals surface area contributed by atoms with Crippen molar-refractivity contribution >= 4 is 34.0 Å². The number of nitrogens with one attached hydrogen (secondary N) is 2. The van der Waals surface area contributed by atoms with Crippen LogP contribution in [0.4, 0.5) is 21.7 Å². The molecule has 9 nitrogen and oxygen atoms in total. The Balaban J connectivity index is 1.34. The van der Waals surface area contributed by atoms with Crippen LogP contribution in [0.25, 0.3) is 21.9 Å². The highest BCUT2D eigenvalue weighted by molar-refractivity contribution is 5.90. The summed E-state index contributed by atoms with van der Waals surface area (Å²) in [5.41, 5.74) is 3.79. The summed E-state index contributed by atoms with van der Waals surface area (Å²) < 4.78 is 16.9. The first-order valence-electron chi connectivity index (χ1n) is 12.3. The van der Waals surface area contributed by atoms with Gasteiger partial charge < -0.3 is 20.6 Å². The maximum atomic E-state index is 15.2. The molecule has 2 aliphatic heterocycles. The van der Waals surface area contributed by atoms with Gasteiger partial charge in [-0.25, -0.2) is 9.37 Å². The third-order valence-electron chi connectivity index (χ3n) is 7.39. The molecule has 2 aliphatic rings. The number of likely N-dealkylation sites (N-methyl/N-ethyl adjacent to an activating group) is 1. The second-order valence-electron chi connectivity index (χ2n) is 10.1. The molecule has 0 fully saturated rings. The molecule has 4 aromatic rings. The summed E-state index contributed by atoms with van der Waals surface area (Å²) in [5.74, 6) is 0.758. The van der Waals surface area contributed by atoms with Gasteiger partial charge in [-0.15, -0.1) is 0 Å². The highest BCUT2D eigenvalue weighted by Crippen LogP contribution is 2.39. The number of rotatable bonds is 3. The lowest BCUT2D eigenvalue weighted by molar-refractivity contribution is -0.130. The van der Waals surface area contributed by atoms with Gasteiger partial charge in [0.15, 0.2) is 5.82 Å². The second kappa shape index (κ2) is 8.52. The predicted octanol–water partition coefficient (Wildman–Crippen LogP) is 3.72. The fourth-order valence-corrected chi connectivity index (χ4v) is 5.15. The third-order valence-corrected chi connectivity index (χ3v) is 7.39. The number of hydrogen-bond acceptors (Lipinski definition) is 7. The van der Waals surface area contributed by atoms with Gasteiger partial charge in [0.2, 0.25) is 5.91 Å². The molecule has 37 heavy (non-hydrogen) atoms. The minimum absolute atomic E-state index is 0.0195. The van der Waals surface area contributed by atoms with Gasteiger partial charge in [0.05, 0.1) is 11.4 Å². The summed E-state index contributed by atoms with van der Waals surface area (Å²) in [4.78, 5) is 22.8. The molecule has 0 spiro atoms. The smallest absolute Gasteiger partial charge is 0.244 e. The fraction of sp³-hybridized carbons (Fsp3) is 0.333. The van der Waals surface area contributed by atoms with Crippen molar-refractivity contribution in [2.24, 2.45) is 0 Å². The Labute approximate surface area is 213 Å². The number of carbonyl (C=O) groups is 1. The van der Waals surface area contributed by atoms with Crippen molar-refractivity contribution in [2.45, 2.75) is 38.8 Å². The lowest BCUT2D eigenvalue weighted by Crippen LogP contribution is -2.32. The second-order valence-corrected chi connectivity index (χ2v) is 10.1. The molecule has 0 aliphatic carbocycles. The number of fused-ring (bicyclic) bond motifs is 3. The summed E-state index contributed by atoms with van der Waals surface area (Å²) in [6.45, 7) is 5.21. The molecule has 0 bridgehead atoms. The summed E-state index contributed by atoms with van der Waals surface area (Å²) >= 11 is 0. The van der Waals surface area contributed by atoms with E-state index in [1.807, 2.05) is 19.1 Å². The van der Waals surface area contributed by atoms with Crippen LogP contribution in [-0.4, -0.2) is 55.8 Å². The SMILES string of the molecule is Cc1c(-c2cc(F)c3cnc(Nc4cc5n(n4)CC(=O)N(C)CC5)cc3c2)cnc2c1NCC[C@]2(C)O. The van der Waals surface area contributed by atoms with Gasteiger partial charge in [0.1, 0.15) is 23.8 Å². The summed E-state index contributed by atoms with van der Waals surface area (Å²) in [6, 6.07) is 7.11. The lowest BCUT2D eigenvalue weighted by atomic mass is 9.89. The lowest BCUT2D eigenvalue weighted by Gasteiger charge is -2.32. The quantitative estimate of drug-likeness (QED) is 0.393. The average Bonchev–Trinajstić information content (AvgIpc) is 3.17. The molecule has 0 unspecified atom stereocenters. The Morgan fingerprint density at radius 2 is 2.00 bits per heavy atom. The van der Waals surface area contributed by atoms with Crippen molar-refractivity contribution in [3.63, 3.8) is 0 Å². The Kier molecular flexibility index (Phi) is 5.38. The maximum Gasteiger partial charge on any atom is 0.244 e. The van der Waals surface area contributed by atoms with Crippen LogP contribution in [0.1, 0.15) is 30.3 Å². The highest BCUT2D eigenvalue weighted by atomic mass is 19.1. The van der Waals surface area contributed by atoms with Gasteiger partial charge in [-0.1, -0.05) is 0 Å². The van der Waals surface area contributed by atoms with Crippen LogP contribution in [0.15, 0.2) is 36.7 Å². The number of anilines is 3. The molecule has 1 amide bonds. The van der Waals surface area contributed by atoms with Gasteiger partial charge in [-0.3, -0.25) is 14.5 Å². The molecule has 6 rings (SSSR count). The van der Waals surface area contributed by atoms with E-state index in [-0.39, 0.29) is 18.3 Å². The molecular weight excluding hydrogens is 473 g/mol. The molecule has 1 atom stereocenters. The predicted molar refractivity (Wildman–Crippen MR) is 139 cm³/mol. The van der Waals surface area contributed by atoms with Crippen LogP contribution in [0, 0.1) is 12.7 Å². The van der Waals surface area contributed by atoms with Gasteiger partial charge >= 0.3 is 0 Å². The molecule has 3 N–H and O–H groups in total. The molecule has 0 saturated heterocycles. The van der Waals surface area contributed by atoms with Crippen molar-refractivity contribution in [3.05, 3.63) is 59.4 Å². The topological polar surface area (TPSA) is 108 Å². The van der Waals surface area contributed by atoms with Crippen LogP contribution in [0.2, 0.25) is 0 Å². The molecule has 10 heteroatoms. The molecule has 3 aromatic heterocycles. The first kappa shape index (κ1) is 23.4. The number of aromatic nitrogens is 4. The monoisotopic (exact) mass is 501 g/mol. The van der Waals surface area contributed by atoms with E-state index in [1.165, 1.54) is 12.3 Å². The highest BCUT2D eigenvalue weighted by Gasteiger charge is 2.32. The summed E-state index contributed by atoms with van der Waals surface area (Å²) in [5, 5.41) is 22.9. The van der Waals surface area contributed by atoms with Crippen LogP contribution >= 0.6 is 0 Å². The van der Waals surface area contributed by atoms with E-state index in [0.717, 1.165) is 28.9 Å². The Hall–Kier alpha value is -4.05. The average molecular weight is 502 g/mol. The van der Waals surface area contributed by atoms with E-state index in [0.29, 0.717) is 53.2 Å². The zero-order valence-electron chi connectivity index (χ0n) is 21.0. The maximum absolute atomic E-state index is 15.2. The van der Waals surface area contributed by atoms with E-state index < -0.39 is 5.60 Å². The van der Waals surface area contributed by atoms with Crippen molar-refractivity contribution in [3.8, 4) is 11.1 Å². The van der Waals surface area contributed by atoms with E-state index in [4.69, 9.17) is 0 Å². The standard InChI is InChI=1S/C27H28FN7O2/c1-15-19(12-31-26-25(15)29-6-5-27(26,2)37)16-8-17-10-22(30-13-20(17)21(28)9-16)32-23-11-18-4-7-34(3)24(36)14-35(18)33-23/h8-13,29,37H,4-7,14H2,1-3H3,(H,30,32,33)/t27-/m0/s1. The van der Waals surface area contributed by atoms with E-state index >= 15 is 4.39 Å². The molecule has 5 heterocycles. The van der Waals surface area contributed by atoms with Gasteiger partial charge in [-0.2, -0.15) is 5.10 Å². The van der Waals surface area contributed by atoms with Crippen molar-refractivity contribution in [1.82, 2.24) is 24.6 Å². The first-order valence-corrected chi connectivity index (χ1v) is 12.3. The zero-order valence-corrected chi connectivity index (χ0v) is 21.0. The molecule has 0 saturated carbocycles. The number of pyridine rings is 2. The van der Waals surface area contributed by atoms with Gasteiger partial charge in [0.25, 0.3) is 0 Å². The van der Waals surface area contributed by atoms with Gasteiger partial charge in [-0.05, 0) is 55.0 Å². The summed E-state index contributed by atoms with van der Waals surface area (Å²) in [6.07, 6.45) is 4.50. The first-order chi connectivity index (χ1) is 17.7. The van der Waals surface area contributed by atoms with Crippen LogP contribution in [-0.2, 0) is 23.4 Å². The number of carbonyl (C=O) groups excluding carboxylic acids is 1. The minimum Gasteiger partial charge on any atom is -0.384 e. The Bertz CT molecular complexity index is 1560. The van der Waals surface area contributed by atoms with Crippen molar-refractivity contribution in [1.29, 1.82) is 0 Å². The number of amides is 1. The normalized spacial score (nSPS) is 19.3. The third kappa shape index (κ3) is 4.07. The van der Waals surface area contributed by atoms with E-state index in [9.17, 15) is 9.90 Å².